The normalized spacial score (nSPS) is 15.2. The summed E-state index contributed by atoms with van der Waals surface area (Å²) in [4.78, 5) is 32.7. The van der Waals surface area contributed by atoms with Crippen molar-refractivity contribution in [3.63, 3.8) is 0 Å². The number of amides is 1. The zero-order valence-electron chi connectivity index (χ0n) is 23.0. The molecule has 4 aromatic rings. The maximum atomic E-state index is 13.0. The van der Waals surface area contributed by atoms with Gasteiger partial charge in [-0.15, -0.1) is 0 Å². The first kappa shape index (κ1) is 28.6. The van der Waals surface area contributed by atoms with E-state index in [-0.39, 0.29) is 23.0 Å². The number of nitrogens with zero attached hydrogens (tertiary/aromatic N) is 6. The summed E-state index contributed by atoms with van der Waals surface area (Å²) in [6.45, 7) is 5.29. The summed E-state index contributed by atoms with van der Waals surface area (Å²) < 4.78 is 41.0. The van der Waals surface area contributed by atoms with E-state index >= 15 is 0 Å². The van der Waals surface area contributed by atoms with Crippen LogP contribution in [0.5, 0.6) is 0 Å². The van der Waals surface area contributed by atoms with Gasteiger partial charge in [-0.25, -0.2) is 27.0 Å². The van der Waals surface area contributed by atoms with Crippen LogP contribution in [0, 0.1) is 0 Å². The lowest BCUT2D eigenvalue weighted by atomic mass is 10.2. The van der Waals surface area contributed by atoms with Gasteiger partial charge >= 0.3 is 0 Å². The maximum Gasteiger partial charge on any atom is 0.253 e. The molecule has 1 aliphatic rings. The molecule has 13 heteroatoms. The van der Waals surface area contributed by atoms with Crippen LogP contribution in [0.15, 0.2) is 70.3 Å². The van der Waals surface area contributed by atoms with Crippen LogP contribution in [-0.2, 0) is 26.1 Å². The van der Waals surface area contributed by atoms with Crippen LogP contribution in [-0.4, -0.2) is 75.4 Å². The van der Waals surface area contributed by atoms with E-state index in [9.17, 15) is 17.4 Å². The molecular formula is C28H31N7O4S2. The molecule has 4 aromatic heterocycles. The van der Waals surface area contributed by atoms with Gasteiger partial charge in [0, 0.05) is 54.8 Å². The van der Waals surface area contributed by atoms with Crippen LogP contribution >= 0.6 is 0 Å². The van der Waals surface area contributed by atoms with Crippen LogP contribution in [0.25, 0.3) is 22.3 Å². The van der Waals surface area contributed by atoms with Gasteiger partial charge in [-0.3, -0.25) is 14.8 Å². The third-order valence-corrected chi connectivity index (χ3v) is 10.1. The van der Waals surface area contributed by atoms with E-state index in [0.717, 1.165) is 17.5 Å². The second-order valence-electron chi connectivity index (χ2n) is 10.2. The summed E-state index contributed by atoms with van der Waals surface area (Å²) in [6.07, 6.45) is 5.28. The molecule has 1 amide bonds. The highest BCUT2D eigenvalue weighted by molar-refractivity contribution is 7.93. The lowest BCUT2D eigenvalue weighted by Crippen LogP contribution is -2.41. The predicted molar refractivity (Wildman–Crippen MR) is 159 cm³/mol. The quantitative estimate of drug-likeness (QED) is 0.341. The average Bonchev–Trinajstić information content (AvgIpc) is 2.95. The third kappa shape index (κ3) is 6.85. The van der Waals surface area contributed by atoms with Gasteiger partial charge in [-0.05, 0) is 50.2 Å². The Bertz CT molecular complexity index is 1840. The van der Waals surface area contributed by atoms with Crippen molar-refractivity contribution in [2.24, 2.45) is 4.36 Å². The van der Waals surface area contributed by atoms with E-state index in [1.54, 1.807) is 12.3 Å². The summed E-state index contributed by atoms with van der Waals surface area (Å²) in [7, 11) is -5.65. The number of fused-ring (bicyclic) bond motifs is 1. The highest BCUT2D eigenvalue weighted by Gasteiger charge is 2.22. The fourth-order valence-electron chi connectivity index (χ4n) is 4.50. The van der Waals surface area contributed by atoms with Crippen molar-refractivity contribution in [1.82, 2.24) is 25.3 Å². The molecule has 0 bridgehead atoms. The molecule has 5 heterocycles. The molecule has 0 atom stereocenters. The molecule has 1 saturated heterocycles. The SMILES string of the molecule is CC(C)N=S1(=O)CCN(c2cccc(-c3ccc4cnc(CNC(=O)c5cncc(S(C)(=O)=O)c5)cc4n3)n2)CC1. The highest BCUT2D eigenvalue weighted by Crippen LogP contribution is 2.23. The molecule has 0 radical (unpaired) electrons. The van der Waals surface area contributed by atoms with E-state index in [2.05, 4.69) is 24.5 Å². The van der Waals surface area contributed by atoms with Crippen LogP contribution in [0.3, 0.4) is 0 Å². The Hall–Kier alpha value is -3.97. The Balaban J connectivity index is 1.31. The standard InChI is InChI=1S/C28H31N7O4S2/c1-19(2)34-41(39)11-9-35(10-12-41)27-6-4-5-24(33-27)25-8-7-20-16-30-22(14-26(20)32-25)17-31-28(36)21-13-23(18-29-15-21)40(3,37)38/h4-8,13-16,18-19H,9-12,17H2,1-3H3,(H,31,36). The van der Waals surface area contributed by atoms with E-state index < -0.39 is 25.5 Å². The largest absolute Gasteiger partial charge is 0.355 e. The number of anilines is 1. The van der Waals surface area contributed by atoms with Crippen LogP contribution in [0.1, 0.15) is 29.9 Å². The van der Waals surface area contributed by atoms with Gasteiger partial charge in [0.25, 0.3) is 5.91 Å². The van der Waals surface area contributed by atoms with Gasteiger partial charge in [0.15, 0.2) is 9.84 Å². The van der Waals surface area contributed by atoms with Gasteiger partial charge < -0.3 is 10.2 Å². The zero-order valence-corrected chi connectivity index (χ0v) is 24.7. The maximum absolute atomic E-state index is 13.0. The van der Waals surface area contributed by atoms with E-state index in [1.165, 1.54) is 18.5 Å². The highest BCUT2D eigenvalue weighted by atomic mass is 32.2. The van der Waals surface area contributed by atoms with Crippen molar-refractivity contribution >= 4 is 42.2 Å². The molecule has 0 aliphatic carbocycles. The van der Waals surface area contributed by atoms with E-state index in [1.807, 2.05) is 44.2 Å². The molecule has 11 nitrogen and oxygen atoms in total. The van der Waals surface area contributed by atoms with Gasteiger partial charge in [0.1, 0.15) is 5.82 Å². The van der Waals surface area contributed by atoms with Crippen molar-refractivity contribution in [3.05, 3.63) is 72.3 Å². The molecule has 0 aromatic carbocycles. The minimum Gasteiger partial charge on any atom is -0.355 e. The summed E-state index contributed by atoms with van der Waals surface area (Å²) >= 11 is 0. The monoisotopic (exact) mass is 593 g/mol. The number of carbonyl (C=O) groups excluding carboxylic acids is 1. The number of pyridine rings is 4. The molecule has 1 aliphatic heterocycles. The third-order valence-electron chi connectivity index (χ3n) is 6.55. The molecule has 1 fully saturated rings. The lowest BCUT2D eigenvalue weighted by Gasteiger charge is -2.30. The fourth-order valence-corrected chi connectivity index (χ4v) is 7.28. The summed E-state index contributed by atoms with van der Waals surface area (Å²) in [6, 6.07) is 12.8. The number of carbonyl (C=O) groups is 1. The molecule has 0 saturated carbocycles. The average molecular weight is 594 g/mol. The number of hydrogen-bond donors (Lipinski definition) is 1. The molecule has 5 rings (SSSR count). The lowest BCUT2D eigenvalue weighted by molar-refractivity contribution is 0.0950. The first-order valence-electron chi connectivity index (χ1n) is 13.1. The molecule has 0 unspecified atom stereocenters. The number of nitrogens with one attached hydrogen (secondary N) is 1. The second kappa shape index (κ2) is 11.5. The number of rotatable bonds is 7. The van der Waals surface area contributed by atoms with Gasteiger partial charge in [0.2, 0.25) is 0 Å². The van der Waals surface area contributed by atoms with Crippen molar-refractivity contribution in [2.45, 2.75) is 31.3 Å². The topological polar surface area (TPSA) is 147 Å². The van der Waals surface area contributed by atoms with Crippen LogP contribution < -0.4 is 10.2 Å². The van der Waals surface area contributed by atoms with Gasteiger partial charge in [-0.2, -0.15) is 0 Å². The number of hydrogen-bond acceptors (Lipinski definition) is 10. The predicted octanol–water partition coefficient (Wildman–Crippen LogP) is 3.12. The van der Waals surface area contributed by atoms with Crippen LogP contribution in [0.4, 0.5) is 5.82 Å². The summed E-state index contributed by atoms with van der Waals surface area (Å²) in [5.74, 6) is 1.40. The number of aromatic nitrogens is 4. The van der Waals surface area contributed by atoms with Crippen molar-refractivity contribution < 1.29 is 17.4 Å². The molecule has 1 N–H and O–H groups in total. The fraction of sp³-hybridized carbons (Fsp3) is 0.321. The summed E-state index contributed by atoms with van der Waals surface area (Å²) in [5.41, 5.74) is 2.84. The molecule has 214 valence electrons. The first-order valence-corrected chi connectivity index (χ1v) is 16.9. The first-order chi connectivity index (χ1) is 19.5. The number of sulfone groups is 1. The second-order valence-corrected chi connectivity index (χ2v) is 14.8. The minimum atomic E-state index is -3.48. The van der Waals surface area contributed by atoms with Crippen molar-refractivity contribution in [2.75, 3.05) is 35.8 Å². The smallest absolute Gasteiger partial charge is 0.253 e. The van der Waals surface area contributed by atoms with Crippen molar-refractivity contribution in [1.29, 1.82) is 0 Å². The zero-order chi connectivity index (χ0) is 29.2. The van der Waals surface area contributed by atoms with Gasteiger partial charge in [0.05, 0.1) is 55.4 Å². The summed E-state index contributed by atoms with van der Waals surface area (Å²) in [5, 5.41) is 3.59. The Morgan fingerprint density at radius 2 is 1.80 bits per heavy atom. The minimum absolute atomic E-state index is 0.0232. The van der Waals surface area contributed by atoms with Crippen LogP contribution in [0.2, 0.25) is 0 Å². The molecular weight excluding hydrogens is 562 g/mol. The Labute approximate surface area is 239 Å². The Kier molecular flexibility index (Phi) is 8.00. The Morgan fingerprint density at radius 1 is 1.05 bits per heavy atom. The Morgan fingerprint density at radius 3 is 2.54 bits per heavy atom. The van der Waals surface area contributed by atoms with Gasteiger partial charge in [-0.1, -0.05) is 6.07 Å². The molecule has 41 heavy (non-hydrogen) atoms. The van der Waals surface area contributed by atoms with Crippen molar-refractivity contribution in [3.8, 4) is 11.4 Å². The van der Waals surface area contributed by atoms with E-state index in [4.69, 9.17) is 9.97 Å². The molecule has 0 spiro atoms. The van der Waals surface area contributed by atoms with E-state index in [0.29, 0.717) is 47.2 Å².